The summed E-state index contributed by atoms with van der Waals surface area (Å²) in [5, 5.41) is 6.96. The zero-order valence-corrected chi connectivity index (χ0v) is 15.3. The average molecular weight is 380 g/mol. The van der Waals surface area contributed by atoms with Gasteiger partial charge in [-0.25, -0.2) is 4.39 Å². The van der Waals surface area contributed by atoms with Gasteiger partial charge >= 0.3 is 0 Å². The second-order valence-electron chi connectivity index (χ2n) is 6.95. The lowest BCUT2D eigenvalue weighted by Crippen LogP contribution is -2.40. The molecule has 0 aliphatic carbocycles. The van der Waals surface area contributed by atoms with Crippen LogP contribution in [0.2, 0.25) is 0 Å². The smallest absolute Gasteiger partial charge is 0.241 e. The van der Waals surface area contributed by atoms with Crippen LogP contribution < -0.4 is 5.32 Å². The molecule has 0 radical (unpaired) electrons. The fourth-order valence-corrected chi connectivity index (χ4v) is 3.41. The Hall–Kier alpha value is -3.06. The summed E-state index contributed by atoms with van der Waals surface area (Å²) in [5.41, 5.74) is 1.51. The van der Waals surface area contributed by atoms with Crippen LogP contribution in [0.1, 0.15) is 18.7 Å². The topological polar surface area (TPSA) is 71.3 Å². The summed E-state index contributed by atoms with van der Waals surface area (Å²) >= 11 is 0. The normalized spacial score (nSPS) is 17.4. The minimum absolute atomic E-state index is 0.0356. The molecule has 1 fully saturated rings. The van der Waals surface area contributed by atoms with Gasteiger partial charge < -0.3 is 9.84 Å². The van der Waals surface area contributed by atoms with Crippen molar-refractivity contribution in [2.45, 2.75) is 19.4 Å². The number of carbonyl (C=O) groups is 1. The van der Waals surface area contributed by atoms with E-state index < -0.39 is 0 Å². The number of hydrogen-bond acceptors (Lipinski definition) is 5. The van der Waals surface area contributed by atoms with Crippen LogP contribution in [-0.2, 0) is 11.3 Å². The predicted molar refractivity (Wildman–Crippen MR) is 103 cm³/mol. The van der Waals surface area contributed by atoms with Crippen LogP contribution in [0.4, 0.5) is 10.1 Å². The Morgan fingerprint density at radius 1 is 1.18 bits per heavy atom. The van der Waals surface area contributed by atoms with Gasteiger partial charge in [-0.3, -0.25) is 9.69 Å². The fourth-order valence-electron chi connectivity index (χ4n) is 3.41. The molecule has 1 N–H and O–H groups in total. The molecule has 0 saturated carbocycles. The minimum atomic E-state index is -0.305. The molecule has 28 heavy (non-hydrogen) atoms. The number of nitrogens with zero attached hydrogens (tertiary/aromatic N) is 3. The van der Waals surface area contributed by atoms with Gasteiger partial charge in [-0.1, -0.05) is 23.4 Å². The molecule has 0 bridgehead atoms. The molecule has 2 aromatic carbocycles. The van der Waals surface area contributed by atoms with E-state index in [9.17, 15) is 9.18 Å². The quantitative estimate of drug-likeness (QED) is 0.730. The van der Waals surface area contributed by atoms with Gasteiger partial charge in [-0.2, -0.15) is 4.98 Å². The molecule has 1 aliphatic rings. The second-order valence-corrected chi connectivity index (χ2v) is 6.95. The standard InChI is InChI=1S/C21H21FN4O2/c22-17-10-8-15(9-11-17)20-24-19(28-25-20)14-26-12-4-5-16(13-26)21(27)23-18-6-2-1-3-7-18/h1-3,6-11,16H,4-5,12-14H2,(H,23,27)/t16-/m1/s1. The number of benzene rings is 2. The summed E-state index contributed by atoms with van der Waals surface area (Å²) in [4.78, 5) is 19.1. The van der Waals surface area contributed by atoms with E-state index in [1.807, 2.05) is 30.3 Å². The van der Waals surface area contributed by atoms with Crippen molar-refractivity contribution in [3.63, 3.8) is 0 Å². The van der Waals surface area contributed by atoms with Crippen molar-refractivity contribution in [2.24, 2.45) is 5.92 Å². The lowest BCUT2D eigenvalue weighted by Gasteiger charge is -2.30. The highest BCUT2D eigenvalue weighted by Crippen LogP contribution is 2.21. The highest BCUT2D eigenvalue weighted by molar-refractivity contribution is 5.92. The summed E-state index contributed by atoms with van der Waals surface area (Å²) in [5.74, 6) is 0.580. The molecule has 1 aromatic heterocycles. The van der Waals surface area contributed by atoms with E-state index in [4.69, 9.17) is 4.52 Å². The zero-order valence-electron chi connectivity index (χ0n) is 15.3. The third-order valence-electron chi connectivity index (χ3n) is 4.85. The Balaban J connectivity index is 1.36. The van der Waals surface area contributed by atoms with Gasteiger partial charge in [0.1, 0.15) is 5.82 Å². The van der Waals surface area contributed by atoms with Gasteiger partial charge in [-0.05, 0) is 55.8 Å². The third kappa shape index (κ3) is 4.43. The van der Waals surface area contributed by atoms with Crippen LogP contribution in [0.5, 0.6) is 0 Å². The van der Waals surface area contributed by atoms with Crippen molar-refractivity contribution in [3.05, 3.63) is 66.3 Å². The average Bonchev–Trinajstić information content (AvgIpc) is 3.18. The van der Waals surface area contributed by atoms with Crippen LogP contribution in [0.25, 0.3) is 11.4 Å². The maximum atomic E-state index is 13.1. The number of para-hydroxylation sites is 1. The van der Waals surface area contributed by atoms with Crippen LogP contribution in [0, 0.1) is 11.7 Å². The van der Waals surface area contributed by atoms with Gasteiger partial charge in [0.15, 0.2) is 0 Å². The Morgan fingerprint density at radius 3 is 2.75 bits per heavy atom. The van der Waals surface area contributed by atoms with Crippen LogP contribution in [-0.4, -0.2) is 34.0 Å². The number of piperidine rings is 1. The molecular weight excluding hydrogens is 359 g/mol. The van der Waals surface area contributed by atoms with Crippen LogP contribution in [0.15, 0.2) is 59.1 Å². The summed E-state index contributed by atoms with van der Waals surface area (Å²) in [6.07, 6.45) is 1.80. The van der Waals surface area contributed by atoms with E-state index in [1.165, 1.54) is 12.1 Å². The molecule has 7 heteroatoms. The molecule has 0 unspecified atom stereocenters. The molecule has 144 valence electrons. The van der Waals surface area contributed by atoms with E-state index in [0.717, 1.165) is 25.1 Å². The number of carbonyl (C=O) groups excluding carboxylic acids is 1. The number of hydrogen-bond donors (Lipinski definition) is 1. The second kappa shape index (κ2) is 8.31. The molecule has 2 heterocycles. The Morgan fingerprint density at radius 2 is 1.96 bits per heavy atom. The van der Waals surface area contributed by atoms with E-state index in [2.05, 4.69) is 20.4 Å². The molecular formula is C21H21FN4O2. The van der Waals surface area contributed by atoms with Crippen molar-refractivity contribution >= 4 is 11.6 Å². The monoisotopic (exact) mass is 380 g/mol. The number of likely N-dealkylation sites (tertiary alicyclic amines) is 1. The molecule has 0 spiro atoms. The Kier molecular flexibility index (Phi) is 5.43. The van der Waals surface area contributed by atoms with E-state index in [0.29, 0.717) is 30.4 Å². The first-order valence-electron chi connectivity index (χ1n) is 9.34. The highest BCUT2D eigenvalue weighted by Gasteiger charge is 2.27. The molecule has 4 rings (SSSR count). The van der Waals surface area contributed by atoms with Gasteiger partial charge in [0.05, 0.1) is 12.5 Å². The maximum Gasteiger partial charge on any atom is 0.241 e. The largest absolute Gasteiger partial charge is 0.338 e. The Labute approximate surface area is 162 Å². The minimum Gasteiger partial charge on any atom is -0.338 e. The Bertz CT molecular complexity index is 927. The van der Waals surface area contributed by atoms with E-state index >= 15 is 0 Å². The van der Waals surface area contributed by atoms with Crippen molar-refractivity contribution in [2.75, 3.05) is 18.4 Å². The van der Waals surface area contributed by atoms with Crippen molar-refractivity contribution < 1.29 is 13.7 Å². The van der Waals surface area contributed by atoms with Crippen LogP contribution in [0.3, 0.4) is 0 Å². The predicted octanol–water partition coefficient (Wildman–Crippen LogP) is 3.73. The van der Waals surface area contributed by atoms with Crippen molar-refractivity contribution in [1.82, 2.24) is 15.0 Å². The zero-order chi connectivity index (χ0) is 19.3. The molecule has 1 aliphatic heterocycles. The SMILES string of the molecule is O=C(Nc1ccccc1)[C@@H]1CCCN(Cc2nc(-c3ccc(F)cc3)no2)C1. The number of nitrogens with one attached hydrogen (secondary N) is 1. The number of anilines is 1. The molecule has 1 amide bonds. The number of aromatic nitrogens is 2. The lowest BCUT2D eigenvalue weighted by atomic mass is 9.97. The van der Waals surface area contributed by atoms with Gasteiger partial charge in [0.25, 0.3) is 0 Å². The first-order valence-corrected chi connectivity index (χ1v) is 9.34. The number of halogens is 1. The van der Waals surface area contributed by atoms with Gasteiger partial charge in [-0.15, -0.1) is 0 Å². The number of rotatable bonds is 5. The molecule has 3 aromatic rings. The van der Waals surface area contributed by atoms with E-state index in [-0.39, 0.29) is 17.6 Å². The van der Waals surface area contributed by atoms with Crippen LogP contribution >= 0.6 is 0 Å². The van der Waals surface area contributed by atoms with Crippen molar-refractivity contribution in [1.29, 1.82) is 0 Å². The third-order valence-corrected chi connectivity index (χ3v) is 4.85. The van der Waals surface area contributed by atoms with Gasteiger partial charge in [0.2, 0.25) is 17.6 Å². The summed E-state index contributed by atoms with van der Waals surface area (Å²) < 4.78 is 18.4. The highest BCUT2D eigenvalue weighted by atomic mass is 19.1. The first-order chi connectivity index (χ1) is 13.7. The molecule has 6 nitrogen and oxygen atoms in total. The first kappa shape index (κ1) is 18.3. The lowest BCUT2D eigenvalue weighted by molar-refractivity contribution is -0.121. The summed E-state index contributed by atoms with van der Waals surface area (Å²) in [6.45, 7) is 2.01. The maximum absolute atomic E-state index is 13.1. The van der Waals surface area contributed by atoms with Gasteiger partial charge in [0, 0.05) is 17.8 Å². The number of amides is 1. The van der Waals surface area contributed by atoms with Crippen molar-refractivity contribution in [3.8, 4) is 11.4 Å². The summed E-state index contributed by atoms with van der Waals surface area (Å²) in [6, 6.07) is 15.5. The van der Waals surface area contributed by atoms with E-state index in [1.54, 1.807) is 12.1 Å². The fraction of sp³-hybridized carbons (Fsp3) is 0.286. The molecule has 1 saturated heterocycles. The summed E-state index contributed by atoms with van der Waals surface area (Å²) in [7, 11) is 0. The molecule has 1 atom stereocenters.